The van der Waals surface area contributed by atoms with Gasteiger partial charge in [-0.2, -0.15) is 5.10 Å². The zero-order chi connectivity index (χ0) is 20.1. The molecule has 0 saturated heterocycles. The largest absolute Gasteiger partial charge is 0.252 e. The summed E-state index contributed by atoms with van der Waals surface area (Å²) in [6.07, 6.45) is 5.83. The number of H-pyrrole nitrogens is 1. The second-order valence-electron chi connectivity index (χ2n) is 6.91. The van der Waals surface area contributed by atoms with Crippen molar-refractivity contribution in [2.24, 2.45) is 0 Å². The minimum absolute atomic E-state index is 0.556. The number of benzene rings is 1. The van der Waals surface area contributed by atoms with Gasteiger partial charge in [0.05, 0.1) is 6.54 Å². The third-order valence-electron chi connectivity index (χ3n) is 4.84. The summed E-state index contributed by atoms with van der Waals surface area (Å²) in [6.45, 7) is 5.01. The van der Waals surface area contributed by atoms with Gasteiger partial charge >= 0.3 is 0 Å². The first-order valence-corrected chi connectivity index (χ1v) is 9.99. The molecule has 0 aliphatic rings. The van der Waals surface area contributed by atoms with Crippen LogP contribution in [0.2, 0.25) is 0 Å². The average molecular weight is 388 g/mol. The molecule has 0 amide bonds. The Kier molecular flexibility index (Phi) is 5.69. The molecular formula is C21H24N8. The van der Waals surface area contributed by atoms with E-state index in [1.165, 1.54) is 5.56 Å². The van der Waals surface area contributed by atoms with E-state index in [-0.39, 0.29) is 0 Å². The van der Waals surface area contributed by atoms with Crippen molar-refractivity contribution in [2.45, 2.75) is 46.1 Å². The molecule has 8 heteroatoms. The minimum Gasteiger partial charge on any atom is -0.252 e. The lowest BCUT2D eigenvalue weighted by Crippen LogP contribution is -2.07. The highest BCUT2D eigenvalue weighted by Crippen LogP contribution is 2.28. The fourth-order valence-corrected chi connectivity index (χ4v) is 3.27. The summed E-state index contributed by atoms with van der Waals surface area (Å²) < 4.78 is 2.04. The predicted octanol–water partition coefficient (Wildman–Crippen LogP) is 3.47. The number of rotatable bonds is 8. The third-order valence-corrected chi connectivity index (χ3v) is 4.84. The summed E-state index contributed by atoms with van der Waals surface area (Å²) >= 11 is 0. The van der Waals surface area contributed by atoms with E-state index in [4.69, 9.17) is 0 Å². The number of aromatic nitrogens is 8. The van der Waals surface area contributed by atoms with Crippen LogP contribution in [0.1, 0.15) is 43.9 Å². The van der Waals surface area contributed by atoms with E-state index in [2.05, 4.69) is 73.8 Å². The van der Waals surface area contributed by atoms with Gasteiger partial charge in [0.1, 0.15) is 11.5 Å². The number of aryl methyl sites for hydroxylation is 2. The van der Waals surface area contributed by atoms with E-state index < -0.39 is 0 Å². The highest BCUT2D eigenvalue weighted by Gasteiger charge is 2.13. The predicted molar refractivity (Wildman–Crippen MR) is 110 cm³/mol. The van der Waals surface area contributed by atoms with E-state index >= 15 is 0 Å². The Balaban J connectivity index is 1.58. The number of hydrogen-bond donors (Lipinski definition) is 1. The number of pyridine rings is 1. The maximum absolute atomic E-state index is 4.69. The molecule has 0 aliphatic carbocycles. The summed E-state index contributed by atoms with van der Waals surface area (Å²) in [7, 11) is 0. The van der Waals surface area contributed by atoms with Crippen LogP contribution in [0.3, 0.4) is 0 Å². The molecule has 148 valence electrons. The molecule has 0 atom stereocenters. The smallest absolute Gasteiger partial charge is 0.198 e. The molecule has 29 heavy (non-hydrogen) atoms. The number of tetrazole rings is 1. The van der Waals surface area contributed by atoms with Crippen molar-refractivity contribution in [2.75, 3.05) is 0 Å². The Bertz CT molecular complexity index is 1050. The lowest BCUT2D eigenvalue weighted by Gasteiger charge is -2.09. The molecule has 0 spiro atoms. The van der Waals surface area contributed by atoms with Crippen molar-refractivity contribution in [1.29, 1.82) is 0 Å². The van der Waals surface area contributed by atoms with Crippen LogP contribution in [0.25, 0.3) is 22.6 Å². The van der Waals surface area contributed by atoms with Crippen molar-refractivity contribution in [3.05, 3.63) is 59.8 Å². The van der Waals surface area contributed by atoms with Crippen molar-refractivity contribution in [3.63, 3.8) is 0 Å². The number of nitrogens with one attached hydrogen (secondary N) is 1. The number of aromatic amines is 1. The van der Waals surface area contributed by atoms with Crippen LogP contribution in [0.5, 0.6) is 0 Å². The van der Waals surface area contributed by atoms with Gasteiger partial charge in [-0.1, -0.05) is 50.6 Å². The molecule has 1 N–H and O–H groups in total. The van der Waals surface area contributed by atoms with Gasteiger partial charge < -0.3 is 0 Å². The van der Waals surface area contributed by atoms with Gasteiger partial charge in [-0.25, -0.2) is 14.8 Å². The van der Waals surface area contributed by atoms with Crippen LogP contribution < -0.4 is 0 Å². The second-order valence-corrected chi connectivity index (χ2v) is 6.91. The molecule has 8 nitrogen and oxygen atoms in total. The van der Waals surface area contributed by atoms with Gasteiger partial charge in [0.2, 0.25) is 0 Å². The zero-order valence-electron chi connectivity index (χ0n) is 16.7. The first-order valence-electron chi connectivity index (χ1n) is 9.99. The van der Waals surface area contributed by atoms with Crippen molar-refractivity contribution >= 4 is 0 Å². The van der Waals surface area contributed by atoms with E-state index in [0.717, 1.165) is 60.7 Å². The van der Waals surface area contributed by atoms with Crippen LogP contribution in [-0.4, -0.2) is 40.4 Å². The van der Waals surface area contributed by atoms with Crippen molar-refractivity contribution < 1.29 is 0 Å². The van der Waals surface area contributed by atoms with Crippen LogP contribution in [0.4, 0.5) is 0 Å². The van der Waals surface area contributed by atoms with Gasteiger partial charge in [0.25, 0.3) is 0 Å². The van der Waals surface area contributed by atoms with Crippen LogP contribution in [0, 0.1) is 0 Å². The Morgan fingerprint density at radius 1 is 1.07 bits per heavy atom. The van der Waals surface area contributed by atoms with Gasteiger partial charge in [0.15, 0.2) is 11.6 Å². The molecule has 4 rings (SSSR count). The Hall–Kier alpha value is -3.42. The number of unbranched alkanes of at least 4 members (excludes halogenated alkanes) is 1. The molecule has 0 aliphatic heterocycles. The van der Waals surface area contributed by atoms with Gasteiger partial charge in [0, 0.05) is 24.6 Å². The molecule has 0 unspecified atom stereocenters. The summed E-state index contributed by atoms with van der Waals surface area (Å²) in [5, 5.41) is 18.8. The fraction of sp³-hybridized carbons (Fsp3) is 0.333. The maximum atomic E-state index is 4.69. The molecule has 3 heterocycles. The van der Waals surface area contributed by atoms with Crippen molar-refractivity contribution in [3.8, 4) is 22.6 Å². The van der Waals surface area contributed by atoms with E-state index in [9.17, 15) is 0 Å². The van der Waals surface area contributed by atoms with E-state index in [0.29, 0.717) is 5.82 Å². The molecule has 4 aromatic rings. The molecular weight excluding hydrogens is 364 g/mol. The highest BCUT2D eigenvalue weighted by atomic mass is 15.5. The maximum Gasteiger partial charge on any atom is 0.198 e. The number of hydrogen-bond acceptors (Lipinski definition) is 6. The standard InChI is InChI=1S/C21H24N8/c1-3-5-8-19-23-18(4-2)26-29(19)14-15-9-11-16(12-10-15)17-7-6-13-22-20(17)21-24-27-28-25-21/h6-7,9-13H,3-5,8,14H2,1-2H3,(H,24,25,27,28). The monoisotopic (exact) mass is 388 g/mol. The first-order chi connectivity index (χ1) is 14.3. The number of nitrogens with zero attached hydrogens (tertiary/aromatic N) is 7. The molecule has 0 fully saturated rings. The fourth-order valence-electron chi connectivity index (χ4n) is 3.27. The molecule has 0 radical (unpaired) electrons. The topological polar surface area (TPSA) is 98.1 Å². The Labute approximate surface area is 169 Å². The third kappa shape index (κ3) is 4.21. The second kappa shape index (κ2) is 8.72. The summed E-state index contributed by atoms with van der Waals surface area (Å²) in [5.74, 6) is 2.54. The molecule has 0 bridgehead atoms. The van der Waals surface area contributed by atoms with Crippen LogP contribution in [0.15, 0.2) is 42.6 Å². The quantitative estimate of drug-likeness (QED) is 0.496. The van der Waals surface area contributed by atoms with Crippen molar-refractivity contribution in [1.82, 2.24) is 40.4 Å². The molecule has 3 aromatic heterocycles. The molecule has 0 saturated carbocycles. The average Bonchev–Trinajstić information content (AvgIpc) is 3.43. The van der Waals surface area contributed by atoms with E-state index in [1.807, 2.05) is 16.8 Å². The van der Waals surface area contributed by atoms with Crippen LogP contribution >= 0.6 is 0 Å². The Morgan fingerprint density at radius 2 is 1.93 bits per heavy atom. The normalized spacial score (nSPS) is 11.1. The van der Waals surface area contributed by atoms with Gasteiger partial charge in [-0.05, 0) is 34.0 Å². The lowest BCUT2D eigenvalue weighted by atomic mass is 10.0. The van der Waals surface area contributed by atoms with Crippen LogP contribution in [-0.2, 0) is 19.4 Å². The molecule has 1 aromatic carbocycles. The van der Waals surface area contributed by atoms with E-state index in [1.54, 1.807) is 6.20 Å². The Morgan fingerprint density at radius 3 is 2.66 bits per heavy atom. The van der Waals surface area contributed by atoms with Gasteiger partial charge in [-0.3, -0.25) is 4.98 Å². The lowest BCUT2D eigenvalue weighted by molar-refractivity contribution is 0.614. The SMILES string of the molecule is CCCCc1nc(CC)nn1Cc1ccc(-c2cccnc2-c2nnn[nH]2)cc1. The summed E-state index contributed by atoms with van der Waals surface area (Å²) in [5.41, 5.74) is 3.96. The first kappa shape index (κ1) is 18.9. The summed E-state index contributed by atoms with van der Waals surface area (Å²) in [4.78, 5) is 9.13. The highest BCUT2D eigenvalue weighted by molar-refractivity contribution is 5.77. The van der Waals surface area contributed by atoms with Gasteiger partial charge in [-0.15, -0.1) is 5.10 Å². The zero-order valence-corrected chi connectivity index (χ0v) is 16.7. The summed E-state index contributed by atoms with van der Waals surface area (Å²) in [6, 6.07) is 12.4. The minimum atomic E-state index is 0.556.